The zero-order valence-corrected chi connectivity index (χ0v) is 15.3. The van der Waals surface area contributed by atoms with Gasteiger partial charge in [-0.3, -0.25) is 0 Å². The van der Waals surface area contributed by atoms with Gasteiger partial charge in [0.2, 0.25) is 10.0 Å². The monoisotopic (exact) mass is 377 g/mol. The molecule has 1 atom stereocenters. The zero-order valence-electron chi connectivity index (χ0n) is 14.5. The summed E-state index contributed by atoms with van der Waals surface area (Å²) in [5.41, 5.74) is 8.36. The largest absolute Gasteiger partial charge is 0.508 e. The molecule has 1 aliphatic heterocycles. The van der Waals surface area contributed by atoms with E-state index in [1.807, 2.05) is 25.1 Å². The molecule has 0 saturated carbocycles. The van der Waals surface area contributed by atoms with Crippen LogP contribution in [0.25, 0.3) is 0 Å². The number of nitrogens with zero attached hydrogens (tertiary/aromatic N) is 1. The highest BCUT2D eigenvalue weighted by Gasteiger charge is 2.32. The van der Waals surface area contributed by atoms with Crippen molar-refractivity contribution >= 4 is 15.7 Å². The first kappa shape index (κ1) is 18.5. The third-order valence-corrected chi connectivity index (χ3v) is 6.31. The number of benzene rings is 2. The van der Waals surface area contributed by atoms with E-state index in [1.54, 1.807) is 0 Å². The maximum atomic E-state index is 12.8. The van der Waals surface area contributed by atoms with E-state index in [-0.39, 0.29) is 29.8 Å². The summed E-state index contributed by atoms with van der Waals surface area (Å²) in [5.74, 6) is -0.646. The molecule has 0 amide bonds. The molecular weight excluding hydrogens is 354 g/mol. The van der Waals surface area contributed by atoms with Gasteiger partial charge in [0.25, 0.3) is 0 Å². The third-order valence-electron chi connectivity index (χ3n) is 4.47. The van der Waals surface area contributed by atoms with Crippen molar-refractivity contribution < 1.29 is 18.6 Å². The zero-order chi connectivity index (χ0) is 18.9. The Labute approximate surface area is 153 Å². The number of aromatic hydroxyl groups is 2. The van der Waals surface area contributed by atoms with Gasteiger partial charge in [-0.15, -0.1) is 0 Å². The Balaban J connectivity index is 1.81. The smallest absolute Gasteiger partial charge is 0.247 e. The Morgan fingerprint density at radius 1 is 1.15 bits per heavy atom. The van der Waals surface area contributed by atoms with Gasteiger partial charge in [-0.05, 0) is 55.3 Å². The van der Waals surface area contributed by atoms with E-state index in [0.717, 1.165) is 29.3 Å². The summed E-state index contributed by atoms with van der Waals surface area (Å²) in [7, 11) is -3.86. The van der Waals surface area contributed by atoms with Crippen LogP contribution >= 0.6 is 0 Å². The van der Waals surface area contributed by atoms with Crippen LogP contribution in [0, 0.1) is 0 Å². The molecule has 0 radical (unpaired) electrons. The van der Waals surface area contributed by atoms with Crippen LogP contribution in [0.5, 0.6) is 11.5 Å². The van der Waals surface area contributed by atoms with Gasteiger partial charge in [0, 0.05) is 30.9 Å². The number of hydrogen-bond donors (Lipinski definition) is 4. The fourth-order valence-electron chi connectivity index (χ4n) is 3.09. The first-order chi connectivity index (χ1) is 12.3. The average Bonchev–Trinajstić information content (AvgIpc) is 2.98. The number of rotatable bonds is 6. The normalized spacial score (nSPS) is 15.6. The Kier molecular flexibility index (Phi) is 5.08. The molecule has 2 aromatic carbocycles. The summed E-state index contributed by atoms with van der Waals surface area (Å²) in [6.45, 7) is 3.13. The summed E-state index contributed by atoms with van der Waals surface area (Å²) in [4.78, 5) is -0.210. The van der Waals surface area contributed by atoms with E-state index < -0.39 is 15.8 Å². The minimum Gasteiger partial charge on any atom is -0.508 e. The van der Waals surface area contributed by atoms with Gasteiger partial charge in [0.1, 0.15) is 16.4 Å². The predicted octanol–water partition coefficient (Wildman–Crippen LogP) is 1.95. The topological polar surface area (TPSA) is 116 Å². The molecule has 7 nitrogen and oxygen atoms in total. The van der Waals surface area contributed by atoms with Gasteiger partial charge >= 0.3 is 0 Å². The van der Waals surface area contributed by atoms with Crippen molar-refractivity contribution in [3.8, 4) is 11.5 Å². The summed E-state index contributed by atoms with van der Waals surface area (Å²) in [5, 5.41) is 22.6. The summed E-state index contributed by atoms with van der Waals surface area (Å²) >= 11 is 0. The van der Waals surface area contributed by atoms with Crippen LogP contribution in [-0.4, -0.2) is 35.5 Å². The highest BCUT2D eigenvalue weighted by atomic mass is 32.2. The number of fused-ring (bicyclic) bond motifs is 1. The van der Waals surface area contributed by atoms with Crippen LogP contribution in [0.1, 0.15) is 24.5 Å². The van der Waals surface area contributed by atoms with Crippen molar-refractivity contribution in [2.45, 2.75) is 37.4 Å². The van der Waals surface area contributed by atoms with Crippen LogP contribution in [0.15, 0.2) is 41.3 Å². The predicted molar refractivity (Wildman–Crippen MR) is 99.4 cm³/mol. The van der Waals surface area contributed by atoms with Crippen molar-refractivity contribution in [2.75, 3.05) is 11.9 Å². The summed E-state index contributed by atoms with van der Waals surface area (Å²) < 4.78 is 27.0. The Morgan fingerprint density at radius 2 is 1.88 bits per heavy atom. The Hall–Kier alpha value is -2.29. The quantitative estimate of drug-likeness (QED) is 0.611. The van der Waals surface area contributed by atoms with E-state index in [4.69, 9.17) is 5.73 Å². The maximum Gasteiger partial charge on any atom is 0.247 e. The SMILES string of the molecule is CC(CCN)Nc1ccc2c(c1)CN(S(=O)(=O)c1ccc(O)cc1O)C2. The number of sulfonamides is 1. The molecule has 2 aromatic rings. The molecule has 1 aliphatic rings. The van der Waals surface area contributed by atoms with Gasteiger partial charge in [-0.25, -0.2) is 8.42 Å². The third kappa shape index (κ3) is 3.62. The van der Waals surface area contributed by atoms with Gasteiger partial charge in [0.05, 0.1) is 0 Å². The van der Waals surface area contributed by atoms with Gasteiger partial charge in [0.15, 0.2) is 0 Å². The van der Waals surface area contributed by atoms with Crippen LogP contribution in [-0.2, 0) is 23.1 Å². The second-order valence-electron chi connectivity index (χ2n) is 6.53. The first-order valence-corrected chi connectivity index (χ1v) is 9.86. The van der Waals surface area contributed by atoms with E-state index in [9.17, 15) is 18.6 Å². The van der Waals surface area contributed by atoms with Crippen molar-refractivity contribution in [3.05, 3.63) is 47.5 Å². The summed E-state index contributed by atoms with van der Waals surface area (Å²) in [6, 6.07) is 9.51. The molecule has 1 heterocycles. The van der Waals surface area contributed by atoms with E-state index in [0.29, 0.717) is 6.54 Å². The van der Waals surface area contributed by atoms with Crippen molar-refractivity contribution in [1.29, 1.82) is 0 Å². The minimum absolute atomic E-state index is 0.187. The standard InChI is InChI=1S/C18H23N3O4S/c1-12(6-7-19)20-15-3-2-13-10-21(11-14(13)8-15)26(24,25)18-5-4-16(22)9-17(18)23/h2-5,8-9,12,20,22-23H,6-7,10-11,19H2,1H3. The number of nitrogens with two attached hydrogens (primary N) is 1. The molecule has 0 aromatic heterocycles. The molecule has 0 saturated heterocycles. The molecule has 26 heavy (non-hydrogen) atoms. The Bertz CT molecular complexity index is 915. The van der Waals surface area contributed by atoms with Crippen LogP contribution < -0.4 is 11.1 Å². The molecular formula is C18H23N3O4S. The van der Waals surface area contributed by atoms with Crippen LogP contribution in [0.4, 0.5) is 5.69 Å². The fourth-order valence-corrected chi connectivity index (χ4v) is 4.55. The van der Waals surface area contributed by atoms with E-state index in [2.05, 4.69) is 5.32 Å². The van der Waals surface area contributed by atoms with Crippen molar-refractivity contribution in [3.63, 3.8) is 0 Å². The molecule has 3 rings (SSSR count). The molecule has 0 fully saturated rings. The van der Waals surface area contributed by atoms with Gasteiger partial charge in [-0.1, -0.05) is 6.07 Å². The number of hydrogen-bond acceptors (Lipinski definition) is 6. The molecule has 140 valence electrons. The van der Waals surface area contributed by atoms with Crippen LogP contribution in [0.3, 0.4) is 0 Å². The van der Waals surface area contributed by atoms with Crippen molar-refractivity contribution in [1.82, 2.24) is 4.31 Å². The maximum absolute atomic E-state index is 12.8. The highest BCUT2D eigenvalue weighted by Crippen LogP contribution is 2.34. The lowest BCUT2D eigenvalue weighted by Crippen LogP contribution is -2.25. The van der Waals surface area contributed by atoms with Crippen molar-refractivity contribution in [2.24, 2.45) is 5.73 Å². The number of phenolic OH excluding ortho intramolecular Hbond substituents is 2. The number of nitrogens with one attached hydrogen (secondary N) is 1. The molecule has 1 unspecified atom stereocenters. The van der Waals surface area contributed by atoms with E-state index >= 15 is 0 Å². The second kappa shape index (κ2) is 7.14. The molecule has 0 spiro atoms. The lowest BCUT2D eigenvalue weighted by Gasteiger charge is -2.16. The second-order valence-corrected chi connectivity index (χ2v) is 8.44. The lowest BCUT2D eigenvalue weighted by atomic mass is 10.1. The summed E-state index contributed by atoms with van der Waals surface area (Å²) in [6.07, 6.45) is 0.845. The van der Waals surface area contributed by atoms with Gasteiger partial charge in [-0.2, -0.15) is 4.31 Å². The van der Waals surface area contributed by atoms with Crippen LogP contribution in [0.2, 0.25) is 0 Å². The highest BCUT2D eigenvalue weighted by molar-refractivity contribution is 7.89. The Morgan fingerprint density at radius 3 is 2.58 bits per heavy atom. The lowest BCUT2D eigenvalue weighted by molar-refractivity contribution is 0.415. The first-order valence-electron chi connectivity index (χ1n) is 8.42. The number of phenols is 2. The van der Waals surface area contributed by atoms with E-state index in [1.165, 1.54) is 16.4 Å². The van der Waals surface area contributed by atoms with Gasteiger partial charge < -0.3 is 21.3 Å². The molecule has 0 aliphatic carbocycles. The molecule has 5 N–H and O–H groups in total. The minimum atomic E-state index is -3.86. The average molecular weight is 377 g/mol. The molecule has 0 bridgehead atoms. The molecule has 8 heteroatoms. The number of anilines is 1. The fraction of sp³-hybridized carbons (Fsp3) is 0.333.